The Kier molecular flexibility index (Phi) is 5.83. The molecule has 0 spiro atoms. The molecule has 164 valence electrons. The number of pyridine rings is 2. The number of ether oxygens (including phenoxy) is 2. The van der Waals surface area contributed by atoms with Crippen LogP contribution in [0.2, 0.25) is 0 Å². The summed E-state index contributed by atoms with van der Waals surface area (Å²) >= 11 is 0. The zero-order chi connectivity index (χ0) is 23.0. The predicted octanol–water partition coefficient (Wildman–Crippen LogP) is 2.31. The van der Waals surface area contributed by atoms with Crippen molar-refractivity contribution in [2.24, 2.45) is 14.1 Å². The molecule has 0 amide bonds. The Balaban J connectivity index is 2.54. The Hall–Kier alpha value is -3.68. The molecule has 31 heavy (non-hydrogen) atoms. The van der Waals surface area contributed by atoms with Crippen LogP contribution in [0.1, 0.15) is 34.0 Å². The lowest BCUT2D eigenvalue weighted by Gasteiger charge is -2.24. The molecule has 0 saturated carbocycles. The van der Waals surface area contributed by atoms with Crippen LogP contribution < -0.4 is 20.6 Å². The van der Waals surface area contributed by atoms with Crippen LogP contribution in [0.4, 0.5) is 0 Å². The van der Waals surface area contributed by atoms with E-state index in [0.717, 1.165) is 0 Å². The molecule has 0 atom stereocenters. The third-order valence-corrected chi connectivity index (χ3v) is 5.69. The quantitative estimate of drug-likeness (QED) is 0.649. The zero-order valence-electron chi connectivity index (χ0n) is 18.4. The summed E-state index contributed by atoms with van der Waals surface area (Å²) in [5, 5.41) is 21.6. The van der Waals surface area contributed by atoms with Crippen LogP contribution in [0, 0.1) is 13.8 Å². The van der Waals surface area contributed by atoms with E-state index in [1.807, 2.05) is 0 Å². The lowest BCUT2D eigenvalue weighted by molar-refractivity contribution is 0.350. The molecule has 2 aromatic heterocycles. The number of hydrogen-bond donors (Lipinski definition) is 2. The van der Waals surface area contributed by atoms with Crippen molar-refractivity contribution in [3.05, 3.63) is 79.1 Å². The van der Waals surface area contributed by atoms with Crippen LogP contribution in [-0.4, -0.2) is 33.6 Å². The average Bonchev–Trinajstić information content (AvgIpc) is 2.74. The lowest BCUT2D eigenvalue weighted by atomic mass is 9.84. The van der Waals surface area contributed by atoms with Crippen molar-refractivity contribution < 1.29 is 19.7 Å². The van der Waals surface area contributed by atoms with Crippen LogP contribution in [0.25, 0.3) is 0 Å². The fourth-order valence-corrected chi connectivity index (χ4v) is 3.78. The topological polar surface area (TPSA) is 103 Å². The molecule has 2 heterocycles. The van der Waals surface area contributed by atoms with Crippen molar-refractivity contribution in [2.75, 3.05) is 14.2 Å². The molecule has 0 saturated heterocycles. The molecule has 0 bridgehead atoms. The van der Waals surface area contributed by atoms with Gasteiger partial charge in [-0.15, -0.1) is 0 Å². The van der Waals surface area contributed by atoms with Gasteiger partial charge in [0, 0.05) is 31.0 Å². The Morgan fingerprint density at radius 3 is 1.74 bits per heavy atom. The van der Waals surface area contributed by atoms with Gasteiger partial charge >= 0.3 is 0 Å². The van der Waals surface area contributed by atoms with Gasteiger partial charge in [0.25, 0.3) is 11.1 Å². The average molecular weight is 426 g/mol. The number of para-hydroxylation sites is 1. The molecular weight excluding hydrogens is 400 g/mol. The number of aromatic nitrogens is 2. The first-order chi connectivity index (χ1) is 14.6. The number of hydrogen-bond acceptors (Lipinski definition) is 6. The van der Waals surface area contributed by atoms with Gasteiger partial charge in [0.15, 0.2) is 11.5 Å². The highest BCUT2D eigenvalue weighted by Gasteiger charge is 2.33. The molecule has 8 nitrogen and oxygen atoms in total. The summed E-state index contributed by atoms with van der Waals surface area (Å²) in [4.78, 5) is 26.5. The van der Waals surface area contributed by atoms with Crippen LogP contribution in [0.15, 0.2) is 39.9 Å². The molecule has 0 fully saturated rings. The Morgan fingerprint density at radius 2 is 1.32 bits per heavy atom. The van der Waals surface area contributed by atoms with Crippen molar-refractivity contribution in [1.82, 2.24) is 9.13 Å². The van der Waals surface area contributed by atoms with Gasteiger partial charge in [-0.05, 0) is 32.0 Å². The highest BCUT2D eigenvalue weighted by Crippen LogP contribution is 2.44. The first kappa shape index (κ1) is 22.0. The first-order valence-electron chi connectivity index (χ1n) is 9.63. The maximum Gasteiger partial charge on any atom is 0.258 e. The summed E-state index contributed by atoms with van der Waals surface area (Å²) in [7, 11) is 6.07. The fraction of sp³-hybridized carbons (Fsp3) is 0.304. The minimum Gasteiger partial charge on any atom is -0.507 e. The Labute approximate surface area is 179 Å². The van der Waals surface area contributed by atoms with Crippen molar-refractivity contribution in [2.45, 2.75) is 19.8 Å². The van der Waals surface area contributed by atoms with Gasteiger partial charge in [-0.3, -0.25) is 9.59 Å². The van der Waals surface area contributed by atoms with Gasteiger partial charge in [0.05, 0.1) is 31.3 Å². The minimum atomic E-state index is -1.11. The number of aryl methyl sites for hydroxylation is 2. The SMILES string of the molecule is COc1cccc(C(c2c(O)cc(C)n(C)c2=O)c2c(O)cc(C)n(C)c2=O)c1OC. The van der Waals surface area contributed by atoms with Crippen LogP contribution >= 0.6 is 0 Å². The van der Waals surface area contributed by atoms with E-state index >= 15 is 0 Å². The van der Waals surface area contributed by atoms with Crippen molar-refractivity contribution in [1.29, 1.82) is 0 Å². The molecule has 0 aliphatic carbocycles. The standard InChI is InChI=1S/C23H26N2O6/c1-12-10-15(26)19(22(28)24(12)3)18(14-8-7-9-17(30-5)21(14)31-6)20-16(27)11-13(2)25(4)23(20)29/h7-11,18,26-27H,1-6H3. The minimum absolute atomic E-state index is 0.0455. The Morgan fingerprint density at radius 1 is 0.839 bits per heavy atom. The normalized spacial score (nSPS) is 11.1. The number of benzene rings is 1. The molecule has 0 aliphatic rings. The summed E-state index contributed by atoms with van der Waals surface area (Å²) in [6, 6.07) is 7.94. The number of aromatic hydroxyl groups is 2. The molecule has 0 unspecified atom stereocenters. The van der Waals surface area contributed by atoms with Gasteiger partial charge in [0.2, 0.25) is 0 Å². The second-order valence-corrected chi connectivity index (χ2v) is 7.41. The van der Waals surface area contributed by atoms with Gasteiger partial charge in [-0.25, -0.2) is 0 Å². The molecule has 0 radical (unpaired) electrons. The van der Waals surface area contributed by atoms with Gasteiger partial charge < -0.3 is 28.8 Å². The maximum absolute atomic E-state index is 13.3. The second kappa shape index (κ2) is 8.22. The third-order valence-electron chi connectivity index (χ3n) is 5.69. The largest absolute Gasteiger partial charge is 0.507 e. The van der Waals surface area contributed by atoms with E-state index in [0.29, 0.717) is 28.5 Å². The van der Waals surface area contributed by atoms with Crippen LogP contribution in [0.3, 0.4) is 0 Å². The van der Waals surface area contributed by atoms with Crippen molar-refractivity contribution in [3.63, 3.8) is 0 Å². The van der Waals surface area contributed by atoms with E-state index in [-0.39, 0.29) is 22.6 Å². The van der Waals surface area contributed by atoms with Gasteiger partial charge in [-0.1, -0.05) is 12.1 Å². The number of methoxy groups -OCH3 is 2. The van der Waals surface area contributed by atoms with Crippen molar-refractivity contribution in [3.8, 4) is 23.0 Å². The maximum atomic E-state index is 13.3. The molecule has 1 aromatic carbocycles. The zero-order valence-corrected chi connectivity index (χ0v) is 18.4. The van der Waals surface area contributed by atoms with E-state index < -0.39 is 17.0 Å². The summed E-state index contributed by atoms with van der Waals surface area (Å²) in [6.45, 7) is 3.38. The highest BCUT2D eigenvalue weighted by atomic mass is 16.5. The summed E-state index contributed by atoms with van der Waals surface area (Å²) in [6.07, 6.45) is 0. The third kappa shape index (κ3) is 3.54. The molecular formula is C23H26N2O6. The summed E-state index contributed by atoms with van der Waals surface area (Å²) < 4.78 is 13.7. The van der Waals surface area contributed by atoms with Gasteiger partial charge in [0.1, 0.15) is 11.5 Å². The smallest absolute Gasteiger partial charge is 0.258 e. The summed E-state index contributed by atoms with van der Waals surface area (Å²) in [5.41, 5.74) is 0.414. The monoisotopic (exact) mass is 426 g/mol. The molecule has 8 heteroatoms. The highest BCUT2D eigenvalue weighted by molar-refractivity contribution is 5.58. The van der Waals surface area contributed by atoms with Crippen LogP contribution in [0.5, 0.6) is 23.0 Å². The summed E-state index contributed by atoms with van der Waals surface area (Å²) in [5.74, 6) is -0.991. The molecule has 3 aromatic rings. The van der Waals surface area contributed by atoms with Gasteiger partial charge in [-0.2, -0.15) is 0 Å². The van der Waals surface area contributed by atoms with E-state index in [4.69, 9.17) is 9.47 Å². The second-order valence-electron chi connectivity index (χ2n) is 7.41. The van der Waals surface area contributed by atoms with Crippen LogP contribution in [-0.2, 0) is 14.1 Å². The molecule has 3 rings (SSSR count). The van der Waals surface area contributed by atoms with Crippen molar-refractivity contribution >= 4 is 0 Å². The van der Waals surface area contributed by atoms with E-state index in [2.05, 4.69) is 0 Å². The van der Waals surface area contributed by atoms with E-state index in [9.17, 15) is 19.8 Å². The first-order valence-corrected chi connectivity index (χ1v) is 9.63. The Bertz CT molecular complexity index is 1200. The fourth-order valence-electron chi connectivity index (χ4n) is 3.78. The molecule has 0 aliphatic heterocycles. The number of rotatable bonds is 5. The lowest BCUT2D eigenvalue weighted by Crippen LogP contribution is -2.31. The molecule has 2 N–H and O–H groups in total. The predicted molar refractivity (Wildman–Crippen MR) is 117 cm³/mol. The number of nitrogens with zero attached hydrogens (tertiary/aromatic N) is 2. The van der Waals surface area contributed by atoms with E-state index in [1.165, 1.54) is 35.5 Å². The van der Waals surface area contributed by atoms with E-state index in [1.54, 1.807) is 46.1 Å².